The molecule has 0 amide bonds. The first-order valence-electron chi connectivity index (χ1n) is 7.62. The van der Waals surface area contributed by atoms with Crippen LogP contribution >= 0.6 is 11.3 Å². The van der Waals surface area contributed by atoms with Crippen LogP contribution in [0.5, 0.6) is 5.75 Å². The number of nitrogens with one attached hydrogen (secondary N) is 1. The summed E-state index contributed by atoms with van der Waals surface area (Å²) in [5.41, 5.74) is 1.17. The predicted octanol–water partition coefficient (Wildman–Crippen LogP) is 4.33. The SMILES string of the molecule is CCCNC(c1cncc(OCCC)c1)c1ccc(C)s1. The largest absolute Gasteiger partial charge is 0.492 e. The van der Waals surface area contributed by atoms with Gasteiger partial charge in [0.05, 0.1) is 18.8 Å². The van der Waals surface area contributed by atoms with Crippen LogP contribution in [-0.2, 0) is 0 Å². The van der Waals surface area contributed by atoms with E-state index in [2.05, 4.69) is 49.3 Å². The Bertz CT molecular complexity index is 553. The molecule has 0 aliphatic heterocycles. The molecule has 1 N–H and O–H groups in total. The van der Waals surface area contributed by atoms with Crippen LogP contribution in [0.1, 0.15) is 48.0 Å². The molecule has 2 heterocycles. The maximum Gasteiger partial charge on any atom is 0.137 e. The van der Waals surface area contributed by atoms with Gasteiger partial charge in [0.15, 0.2) is 0 Å². The van der Waals surface area contributed by atoms with E-state index in [1.807, 2.05) is 17.5 Å². The maximum atomic E-state index is 5.70. The van der Waals surface area contributed by atoms with Crippen molar-refractivity contribution in [2.24, 2.45) is 0 Å². The number of rotatable bonds is 8. The zero-order valence-electron chi connectivity index (χ0n) is 13.1. The quantitative estimate of drug-likeness (QED) is 0.788. The van der Waals surface area contributed by atoms with E-state index < -0.39 is 0 Å². The fraction of sp³-hybridized carbons (Fsp3) is 0.471. The van der Waals surface area contributed by atoms with Crippen molar-refractivity contribution in [3.63, 3.8) is 0 Å². The molecular formula is C17H24N2OS. The lowest BCUT2D eigenvalue weighted by atomic mass is 10.1. The van der Waals surface area contributed by atoms with Crippen LogP contribution in [0, 0.1) is 6.92 Å². The maximum absolute atomic E-state index is 5.70. The molecule has 21 heavy (non-hydrogen) atoms. The molecule has 3 nitrogen and oxygen atoms in total. The van der Waals surface area contributed by atoms with Gasteiger partial charge in [-0.25, -0.2) is 0 Å². The van der Waals surface area contributed by atoms with Gasteiger partial charge in [-0.2, -0.15) is 0 Å². The molecule has 1 atom stereocenters. The van der Waals surface area contributed by atoms with E-state index in [9.17, 15) is 0 Å². The van der Waals surface area contributed by atoms with Gasteiger partial charge in [0.2, 0.25) is 0 Å². The second-order valence-corrected chi connectivity index (χ2v) is 6.46. The Balaban J connectivity index is 2.23. The van der Waals surface area contributed by atoms with Crippen molar-refractivity contribution < 1.29 is 4.74 Å². The van der Waals surface area contributed by atoms with E-state index >= 15 is 0 Å². The van der Waals surface area contributed by atoms with Crippen LogP contribution in [-0.4, -0.2) is 18.1 Å². The normalized spacial score (nSPS) is 12.3. The van der Waals surface area contributed by atoms with Gasteiger partial charge in [0, 0.05) is 16.0 Å². The third-order valence-corrected chi connectivity index (χ3v) is 4.25. The number of aromatic nitrogens is 1. The van der Waals surface area contributed by atoms with Gasteiger partial charge < -0.3 is 10.1 Å². The minimum absolute atomic E-state index is 0.196. The average molecular weight is 304 g/mol. The predicted molar refractivity (Wildman–Crippen MR) is 89.2 cm³/mol. The van der Waals surface area contributed by atoms with E-state index in [0.717, 1.165) is 31.7 Å². The van der Waals surface area contributed by atoms with E-state index in [4.69, 9.17) is 4.74 Å². The van der Waals surface area contributed by atoms with Crippen molar-refractivity contribution in [2.75, 3.05) is 13.2 Å². The summed E-state index contributed by atoms with van der Waals surface area (Å²) in [4.78, 5) is 7.00. The summed E-state index contributed by atoms with van der Waals surface area (Å²) in [5, 5.41) is 3.61. The van der Waals surface area contributed by atoms with E-state index in [1.54, 1.807) is 6.20 Å². The summed E-state index contributed by atoms with van der Waals surface area (Å²) in [6.07, 6.45) is 5.84. The minimum atomic E-state index is 0.196. The molecule has 0 radical (unpaired) electrons. The average Bonchev–Trinajstić information content (AvgIpc) is 2.92. The highest BCUT2D eigenvalue weighted by Crippen LogP contribution is 2.29. The number of aryl methyl sites for hydroxylation is 1. The standard InChI is InChI=1S/C17H24N2OS/c1-4-8-19-17(16-7-6-13(3)21-16)14-10-15(12-18-11-14)20-9-5-2/h6-7,10-12,17,19H,4-5,8-9H2,1-3H3. The number of ether oxygens (including phenoxy) is 1. The smallest absolute Gasteiger partial charge is 0.137 e. The van der Waals surface area contributed by atoms with Gasteiger partial charge in [-0.15, -0.1) is 11.3 Å². The summed E-state index contributed by atoms with van der Waals surface area (Å²) in [6.45, 7) is 8.15. The number of pyridine rings is 1. The molecular weight excluding hydrogens is 280 g/mol. The first-order valence-corrected chi connectivity index (χ1v) is 8.43. The summed E-state index contributed by atoms with van der Waals surface area (Å²) >= 11 is 1.83. The molecule has 0 aliphatic rings. The lowest BCUT2D eigenvalue weighted by Crippen LogP contribution is -2.22. The van der Waals surface area contributed by atoms with Gasteiger partial charge >= 0.3 is 0 Å². The zero-order valence-corrected chi connectivity index (χ0v) is 13.9. The van der Waals surface area contributed by atoms with Crippen LogP contribution in [0.3, 0.4) is 0 Å². The third-order valence-electron chi connectivity index (χ3n) is 3.18. The molecule has 0 aliphatic carbocycles. The van der Waals surface area contributed by atoms with Gasteiger partial charge in [-0.05, 0) is 50.1 Å². The lowest BCUT2D eigenvalue weighted by Gasteiger charge is -2.18. The molecule has 0 spiro atoms. The van der Waals surface area contributed by atoms with E-state index in [1.165, 1.54) is 15.3 Å². The molecule has 1 unspecified atom stereocenters. The Hall–Kier alpha value is -1.39. The second-order valence-electron chi connectivity index (χ2n) is 5.14. The highest BCUT2D eigenvalue weighted by Gasteiger charge is 2.16. The van der Waals surface area contributed by atoms with Crippen molar-refractivity contribution in [1.29, 1.82) is 0 Å². The van der Waals surface area contributed by atoms with Crippen LogP contribution in [0.2, 0.25) is 0 Å². The number of thiophene rings is 1. The first-order chi connectivity index (χ1) is 10.2. The molecule has 0 fully saturated rings. The Morgan fingerprint density at radius 1 is 1.24 bits per heavy atom. The number of hydrogen-bond acceptors (Lipinski definition) is 4. The summed E-state index contributed by atoms with van der Waals surface area (Å²) in [5.74, 6) is 0.853. The first kappa shape index (κ1) is 16.0. The Morgan fingerprint density at radius 2 is 2.10 bits per heavy atom. The summed E-state index contributed by atoms with van der Waals surface area (Å²) in [6, 6.07) is 6.67. The van der Waals surface area contributed by atoms with E-state index in [-0.39, 0.29) is 6.04 Å². The molecule has 2 aromatic rings. The van der Waals surface area contributed by atoms with Gasteiger partial charge in [0.25, 0.3) is 0 Å². The fourth-order valence-corrected chi connectivity index (χ4v) is 3.15. The molecule has 114 valence electrons. The van der Waals surface area contributed by atoms with Crippen molar-refractivity contribution >= 4 is 11.3 Å². The highest BCUT2D eigenvalue weighted by atomic mass is 32.1. The lowest BCUT2D eigenvalue weighted by molar-refractivity contribution is 0.315. The fourth-order valence-electron chi connectivity index (χ4n) is 2.17. The molecule has 0 saturated carbocycles. The molecule has 2 rings (SSSR count). The second kappa shape index (κ2) is 8.15. The topological polar surface area (TPSA) is 34.2 Å². The Kier molecular flexibility index (Phi) is 6.21. The molecule has 4 heteroatoms. The molecule has 0 bridgehead atoms. The van der Waals surface area contributed by atoms with Gasteiger partial charge in [-0.1, -0.05) is 13.8 Å². The van der Waals surface area contributed by atoms with Crippen LogP contribution in [0.25, 0.3) is 0 Å². The van der Waals surface area contributed by atoms with Crippen LogP contribution < -0.4 is 10.1 Å². The Morgan fingerprint density at radius 3 is 2.76 bits per heavy atom. The molecule has 0 saturated heterocycles. The van der Waals surface area contributed by atoms with Crippen molar-refractivity contribution in [3.05, 3.63) is 45.9 Å². The number of hydrogen-bond donors (Lipinski definition) is 1. The van der Waals surface area contributed by atoms with Crippen LogP contribution in [0.4, 0.5) is 0 Å². The van der Waals surface area contributed by atoms with Crippen LogP contribution in [0.15, 0.2) is 30.6 Å². The van der Waals surface area contributed by atoms with Gasteiger partial charge in [-0.3, -0.25) is 4.98 Å². The molecule has 0 aromatic carbocycles. The Labute approximate surface area is 131 Å². The molecule has 2 aromatic heterocycles. The monoisotopic (exact) mass is 304 g/mol. The van der Waals surface area contributed by atoms with E-state index in [0.29, 0.717) is 0 Å². The highest BCUT2D eigenvalue weighted by molar-refractivity contribution is 7.12. The summed E-state index contributed by atoms with van der Waals surface area (Å²) in [7, 11) is 0. The summed E-state index contributed by atoms with van der Waals surface area (Å²) < 4.78 is 5.70. The van der Waals surface area contributed by atoms with Crippen molar-refractivity contribution in [2.45, 2.75) is 39.7 Å². The van der Waals surface area contributed by atoms with Crippen molar-refractivity contribution in [1.82, 2.24) is 10.3 Å². The minimum Gasteiger partial charge on any atom is -0.492 e. The zero-order chi connectivity index (χ0) is 15.1. The number of nitrogens with zero attached hydrogens (tertiary/aromatic N) is 1. The van der Waals surface area contributed by atoms with Gasteiger partial charge in [0.1, 0.15) is 5.75 Å². The van der Waals surface area contributed by atoms with Crippen molar-refractivity contribution in [3.8, 4) is 5.75 Å². The third kappa shape index (κ3) is 4.55.